The first-order chi connectivity index (χ1) is 21.5. The quantitative estimate of drug-likeness (QED) is 0.357. The van der Waals surface area contributed by atoms with Crippen LogP contribution >= 0.6 is 0 Å². The van der Waals surface area contributed by atoms with Crippen LogP contribution in [0.5, 0.6) is 17.2 Å². The number of likely N-dealkylation sites (tertiary alicyclic amines) is 1. The predicted octanol–water partition coefficient (Wildman–Crippen LogP) is 4.46. The van der Waals surface area contributed by atoms with E-state index in [1.807, 2.05) is 60.7 Å². The molecule has 4 aromatic carbocycles. The highest BCUT2D eigenvalue weighted by Gasteiger charge is 2.35. The number of carbonyl (C=O) groups excluding carboxylic acids is 3. The first kappa shape index (κ1) is 28.8. The SMILES string of the molecule is COc1ccc2cc1-c1cccc(c1)OCC(=O)NCc1ccc(cc1)O[C@@H]1CCN(C(=O)c3ccccc3)C[C@H]1NC2=O. The van der Waals surface area contributed by atoms with E-state index in [9.17, 15) is 14.4 Å². The minimum atomic E-state index is -0.476. The Morgan fingerprint density at radius 2 is 1.70 bits per heavy atom. The number of amides is 3. The maximum atomic E-state index is 13.8. The first-order valence-electron chi connectivity index (χ1n) is 14.6. The molecule has 6 bridgehead atoms. The van der Waals surface area contributed by atoms with Crippen molar-refractivity contribution in [1.29, 1.82) is 0 Å². The Kier molecular flexibility index (Phi) is 8.45. The Bertz CT molecular complexity index is 1660. The van der Waals surface area contributed by atoms with Crippen LogP contribution in [0.1, 0.15) is 32.7 Å². The average Bonchev–Trinajstić information content (AvgIpc) is 3.07. The smallest absolute Gasteiger partial charge is 0.258 e. The van der Waals surface area contributed by atoms with E-state index in [-0.39, 0.29) is 37.0 Å². The summed E-state index contributed by atoms with van der Waals surface area (Å²) in [4.78, 5) is 41.4. The molecule has 2 atom stereocenters. The van der Waals surface area contributed by atoms with Gasteiger partial charge in [-0.2, -0.15) is 0 Å². The molecule has 1 saturated heterocycles. The second-order valence-corrected chi connectivity index (χ2v) is 10.8. The van der Waals surface area contributed by atoms with Gasteiger partial charge in [0.2, 0.25) is 0 Å². The van der Waals surface area contributed by atoms with E-state index in [0.717, 1.165) is 11.1 Å². The summed E-state index contributed by atoms with van der Waals surface area (Å²) in [7, 11) is 1.57. The third-order valence-electron chi connectivity index (χ3n) is 7.85. The highest BCUT2D eigenvalue weighted by molar-refractivity contribution is 5.97. The first-order valence-corrected chi connectivity index (χ1v) is 14.6. The Balaban J connectivity index is 1.34. The van der Waals surface area contributed by atoms with Crippen LogP contribution < -0.4 is 24.8 Å². The van der Waals surface area contributed by atoms with Crippen LogP contribution in [0, 0.1) is 0 Å². The van der Waals surface area contributed by atoms with Crippen molar-refractivity contribution in [1.82, 2.24) is 15.5 Å². The second-order valence-electron chi connectivity index (χ2n) is 10.8. The lowest BCUT2D eigenvalue weighted by Crippen LogP contribution is -2.58. The number of ether oxygens (including phenoxy) is 3. The van der Waals surface area contributed by atoms with Crippen molar-refractivity contribution in [2.45, 2.75) is 25.1 Å². The molecule has 3 aliphatic rings. The summed E-state index contributed by atoms with van der Waals surface area (Å²) in [6, 6.07) is 28.6. The molecule has 2 N–H and O–H groups in total. The van der Waals surface area contributed by atoms with Crippen LogP contribution in [0.25, 0.3) is 11.1 Å². The van der Waals surface area contributed by atoms with E-state index in [1.165, 1.54) is 0 Å². The molecule has 0 unspecified atom stereocenters. The van der Waals surface area contributed by atoms with Crippen molar-refractivity contribution < 1.29 is 28.6 Å². The highest BCUT2D eigenvalue weighted by Crippen LogP contribution is 2.33. The Labute approximate surface area is 255 Å². The van der Waals surface area contributed by atoms with Gasteiger partial charge in [-0.05, 0) is 65.7 Å². The van der Waals surface area contributed by atoms with Gasteiger partial charge in [-0.25, -0.2) is 0 Å². The minimum Gasteiger partial charge on any atom is -0.496 e. The molecule has 44 heavy (non-hydrogen) atoms. The summed E-state index contributed by atoms with van der Waals surface area (Å²) in [6.45, 7) is 0.971. The van der Waals surface area contributed by atoms with Crippen LogP contribution in [0.15, 0.2) is 97.1 Å². The van der Waals surface area contributed by atoms with E-state index >= 15 is 0 Å². The molecule has 224 valence electrons. The lowest BCUT2D eigenvalue weighted by molar-refractivity contribution is -0.123. The molecule has 0 aliphatic carbocycles. The van der Waals surface area contributed by atoms with Crippen molar-refractivity contribution in [3.63, 3.8) is 0 Å². The largest absolute Gasteiger partial charge is 0.496 e. The molecule has 9 nitrogen and oxygen atoms in total. The van der Waals surface area contributed by atoms with E-state index in [4.69, 9.17) is 14.2 Å². The molecule has 0 radical (unpaired) electrons. The fourth-order valence-corrected chi connectivity index (χ4v) is 5.50. The maximum Gasteiger partial charge on any atom is 0.258 e. The van der Waals surface area contributed by atoms with Gasteiger partial charge < -0.3 is 29.7 Å². The number of nitrogens with one attached hydrogen (secondary N) is 2. The zero-order chi connectivity index (χ0) is 30.5. The van der Waals surface area contributed by atoms with Crippen LogP contribution in [0.2, 0.25) is 0 Å². The number of piperidine rings is 1. The van der Waals surface area contributed by atoms with Gasteiger partial charge in [0, 0.05) is 42.7 Å². The molecule has 3 amide bonds. The van der Waals surface area contributed by atoms with Crippen LogP contribution in [0.4, 0.5) is 0 Å². The molecule has 7 rings (SSSR count). The van der Waals surface area contributed by atoms with Crippen LogP contribution in [0.3, 0.4) is 0 Å². The molecule has 3 heterocycles. The van der Waals surface area contributed by atoms with Crippen molar-refractivity contribution in [3.8, 4) is 28.4 Å². The van der Waals surface area contributed by atoms with E-state index in [1.54, 1.807) is 48.4 Å². The minimum absolute atomic E-state index is 0.0926. The summed E-state index contributed by atoms with van der Waals surface area (Å²) in [5.74, 6) is 1.09. The maximum absolute atomic E-state index is 13.8. The molecule has 3 aliphatic heterocycles. The van der Waals surface area contributed by atoms with Crippen molar-refractivity contribution in [3.05, 3.63) is 114 Å². The number of methoxy groups -OCH3 is 1. The monoisotopic (exact) mass is 591 g/mol. The van der Waals surface area contributed by atoms with Gasteiger partial charge in [0.05, 0.1) is 13.2 Å². The lowest BCUT2D eigenvalue weighted by atomic mass is 9.98. The third kappa shape index (κ3) is 6.52. The number of benzene rings is 4. The van der Waals surface area contributed by atoms with Gasteiger partial charge in [-0.15, -0.1) is 0 Å². The average molecular weight is 592 g/mol. The van der Waals surface area contributed by atoms with Gasteiger partial charge in [-0.1, -0.05) is 42.5 Å². The van der Waals surface area contributed by atoms with Crippen molar-refractivity contribution in [2.24, 2.45) is 0 Å². The molecule has 9 heteroatoms. The molecular weight excluding hydrogens is 558 g/mol. The zero-order valence-electron chi connectivity index (χ0n) is 24.3. The summed E-state index contributed by atoms with van der Waals surface area (Å²) in [5, 5.41) is 6.04. The number of nitrogens with zero attached hydrogens (tertiary/aromatic N) is 1. The number of carbonyl (C=O) groups is 3. The molecule has 0 aromatic heterocycles. The molecule has 4 aromatic rings. The molecule has 0 saturated carbocycles. The van der Waals surface area contributed by atoms with Gasteiger partial charge in [0.15, 0.2) is 6.61 Å². The van der Waals surface area contributed by atoms with Crippen molar-refractivity contribution in [2.75, 3.05) is 26.8 Å². The Morgan fingerprint density at radius 1 is 0.886 bits per heavy atom. The van der Waals surface area contributed by atoms with Gasteiger partial charge in [0.1, 0.15) is 23.4 Å². The summed E-state index contributed by atoms with van der Waals surface area (Å²) in [6.07, 6.45) is 0.156. The second kappa shape index (κ2) is 12.9. The molecule has 0 spiro atoms. The zero-order valence-corrected chi connectivity index (χ0v) is 24.3. The number of hydrogen-bond acceptors (Lipinski definition) is 6. The van der Waals surface area contributed by atoms with E-state index in [0.29, 0.717) is 53.4 Å². The van der Waals surface area contributed by atoms with Gasteiger partial charge in [-0.3, -0.25) is 14.4 Å². The Hall–Kier alpha value is -5.31. The predicted molar refractivity (Wildman–Crippen MR) is 165 cm³/mol. The number of rotatable bonds is 2. The van der Waals surface area contributed by atoms with E-state index < -0.39 is 6.04 Å². The molecular formula is C35H33N3O6. The number of fused-ring (bicyclic) bond motifs is 7. The lowest BCUT2D eigenvalue weighted by Gasteiger charge is -2.39. The standard InChI is InChI=1S/C35H33N3O6/c1-42-31-15-12-26-19-29(31)25-8-5-9-28(18-25)43-22-33(39)36-20-23-10-13-27(14-11-23)44-32-16-17-38(21-30(32)37-34(26)40)35(41)24-6-3-2-4-7-24/h2-15,18-19,30,32H,16-17,20-22H2,1H3,(H,36,39)(H,37,40)/t30-,32-/m1/s1. The van der Waals surface area contributed by atoms with Crippen molar-refractivity contribution >= 4 is 17.7 Å². The summed E-state index contributed by atoms with van der Waals surface area (Å²) >= 11 is 0. The van der Waals surface area contributed by atoms with Gasteiger partial charge >= 0.3 is 0 Å². The molecule has 1 fully saturated rings. The normalized spacial score (nSPS) is 18.5. The van der Waals surface area contributed by atoms with Crippen LogP contribution in [-0.4, -0.2) is 61.6 Å². The van der Waals surface area contributed by atoms with Crippen LogP contribution in [-0.2, 0) is 11.3 Å². The summed E-state index contributed by atoms with van der Waals surface area (Å²) < 4.78 is 17.8. The van der Waals surface area contributed by atoms with Gasteiger partial charge in [0.25, 0.3) is 17.7 Å². The number of hydrogen-bond donors (Lipinski definition) is 2. The Morgan fingerprint density at radius 3 is 2.50 bits per heavy atom. The highest BCUT2D eigenvalue weighted by atomic mass is 16.5. The third-order valence-corrected chi connectivity index (χ3v) is 7.85. The fourth-order valence-electron chi connectivity index (χ4n) is 5.50. The van der Waals surface area contributed by atoms with E-state index in [2.05, 4.69) is 10.6 Å². The fraction of sp³-hybridized carbons (Fsp3) is 0.229. The summed E-state index contributed by atoms with van der Waals surface area (Å²) in [5.41, 5.74) is 3.39. The topological polar surface area (TPSA) is 106 Å².